The van der Waals surface area contributed by atoms with Crippen molar-refractivity contribution >= 4 is 16.0 Å². The standard InChI is InChI=1S/C12H23NO5S/c1-4-5-13(19(16,17)8-9(2)3)11-7-18-6-10(11)12(14)15/h9-11H,4-8H2,1-3H3,(H,14,15). The van der Waals surface area contributed by atoms with Crippen LogP contribution >= 0.6 is 0 Å². The van der Waals surface area contributed by atoms with Crippen molar-refractivity contribution in [3.05, 3.63) is 0 Å². The first-order chi connectivity index (χ1) is 8.79. The summed E-state index contributed by atoms with van der Waals surface area (Å²) in [4.78, 5) is 11.2. The Morgan fingerprint density at radius 2 is 2.05 bits per heavy atom. The Balaban J connectivity index is 2.96. The molecule has 7 heteroatoms. The fourth-order valence-corrected chi connectivity index (χ4v) is 4.43. The smallest absolute Gasteiger partial charge is 0.310 e. The van der Waals surface area contributed by atoms with Crippen LogP contribution in [-0.4, -0.2) is 55.4 Å². The third kappa shape index (κ3) is 4.15. The van der Waals surface area contributed by atoms with E-state index in [1.165, 1.54) is 4.31 Å². The molecule has 0 bridgehead atoms. The molecule has 0 aromatic heterocycles. The Bertz CT molecular complexity index is 406. The van der Waals surface area contributed by atoms with Gasteiger partial charge in [0.25, 0.3) is 0 Å². The van der Waals surface area contributed by atoms with Crippen molar-refractivity contribution in [3.63, 3.8) is 0 Å². The summed E-state index contributed by atoms with van der Waals surface area (Å²) in [5.74, 6) is -1.72. The zero-order chi connectivity index (χ0) is 14.6. The van der Waals surface area contributed by atoms with Crippen LogP contribution in [0.4, 0.5) is 0 Å². The van der Waals surface area contributed by atoms with Crippen LogP contribution in [-0.2, 0) is 19.6 Å². The predicted molar refractivity (Wildman–Crippen MR) is 71.4 cm³/mol. The molecule has 0 saturated carbocycles. The lowest BCUT2D eigenvalue weighted by atomic mass is 10.0. The molecule has 1 saturated heterocycles. The second-order valence-corrected chi connectivity index (χ2v) is 7.30. The normalized spacial score (nSPS) is 24.3. The van der Waals surface area contributed by atoms with Crippen LogP contribution in [0.1, 0.15) is 27.2 Å². The lowest BCUT2D eigenvalue weighted by Gasteiger charge is -2.29. The van der Waals surface area contributed by atoms with Gasteiger partial charge in [0, 0.05) is 6.54 Å². The number of carboxylic acids is 1. The fourth-order valence-electron chi connectivity index (χ4n) is 2.31. The number of carboxylic acid groups (broad SMARTS) is 1. The molecule has 1 rings (SSSR count). The second kappa shape index (κ2) is 6.67. The zero-order valence-corrected chi connectivity index (χ0v) is 12.5. The molecule has 0 radical (unpaired) electrons. The van der Waals surface area contributed by atoms with Gasteiger partial charge in [0.2, 0.25) is 10.0 Å². The minimum Gasteiger partial charge on any atom is -0.481 e. The molecule has 0 spiro atoms. The molecule has 19 heavy (non-hydrogen) atoms. The van der Waals surface area contributed by atoms with E-state index in [4.69, 9.17) is 9.84 Å². The van der Waals surface area contributed by atoms with E-state index in [0.29, 0.717) is 13.0 Å². The maximum atomic E-state index is 12.4. The van der Waals surface area contributed by atoms with E-state index in [1.807, 2.05) is 20.8 Å². The average molecular weight is 293 g/mol. The highest BCUT2D eigenvalue weighted by Crippen LogP contribution is 2.24. The molecule has 1 aliphatic heterocycles. The van der Waals surface area contributed by atoms with Gasteiger partial charge in [-0.2, -0.15) is 4.31 Å². The predicted octanol–water partition coefficient (Wildman–Crippen LogP) is 0.784. The molecule has 0 aromatic rings. The molecule has 1 aliphatic rings. The molecule has 2 atom stereocenters. The number of hydrogen-bond acceptors (Lipinski definition) is 4. The molecule has 6 nitrogen and oxygen atoms in total. The Hall–Kier alpha value is -0.660. The first kappa shape index (κ1) is 16.4. The van der Waals surface area contributed by atoms with Crippen LogP contribution in [0.2, 0.25) is 0 Å². The van der Waals surface area contributed by atoms with Crippen LogP contribution in [0, 0.1) is 11.8 Å². The zero-order valence-electron chi connectivity index (χ0n) is 11.7. The number of aliphatic carboxylic acids is 1. The van der Waals surface area contributed by atoms with E-state index in [-0.39, 0.29) is 24.9 Å². The minimum absolute atomic E-state index is 0.00922. The van der Waals surface area contributed by atoms with Crippen molar-refractivity contribution in [3.8, 4) is 0 Å². The lowest BCUT2D eigenvalue weighted by Crippen LogP contribution is -2.48. The van der Waals surface area contributed by atoms with Gasteiger partial charge in [0.15, 0.2) is 0 Å². The van der Waals surface area contributed by atoms with E-state index in [0.717, 1.165) is 0 Å². The van der Waals surface area contributed by atoms with Gasteiger partial charge in [-0.15, -0.1) is 0 Å². The van der Waals surface area contributed by atoms with Gasteiger partial charge >= 0.3 is 5.97 Å². The van der Waals surface area contributed by atoms with E-state index >= 15 is 0 Å². The molecule has 0 amide bonds. The quantitative estimate of drug-likeness (QED) is 0.750. The molecule has 2 unspecified atom stereocenters. The monoisotopic (exact) mass is 293 g/mol. The summed E-state index contributed by atoms with van der Waals surface area (Å²) in [5.41, 5.74) is 0. The lowest BCUT2D eigenvalue weighted by molar-refractivity contribution is -0.142. The highest BCUT2D eigenvalue weighted by Gasteiger charge is 2.42. The fraction of sp³-hybridized carbons (Fsp3) is 0.917. The van der Waals surface area contributed by atoms with E-state index in [9.17, 15) is 13.2 Å². The third-order valence-electron chi connectivity index (χ3n) is 3.08. The minimum atomic E-state index is -3.44. The van der Waals surface area contributed by atoms with Gasteiger partial charge in [-0.1, -0.05) is 20.8 Å². The van der Waals surface area contributed by atoms with Crippen molar-refractivity contribution < 1.29 is 23.1 Å². The molecular formula is C12H23NO5S. The first-order valence-electron chi connectivity index (χ1n) is 6.59. The van der Waals surface area contributed by atoms with Crippen molar-refractivity contribution in [2.45, 2.75) is 33.2 Å². The summed E-state index contributed by atoms with van der Waals surface area (Å²) in [7, 11) is -3.44. The highest BCUT2D eigenvalue weighted by molar-refractivity contribution is 7.89. The van der Waals surface area contributed by atoms with Gasteiger partial charge in [0.1, 0.15) is 0 Å². The summed E-state index contributed by atoms with van der Waals surface area (Å²) < 4.78 is 31.2. The van der Waals surface area contributed by atoms with Crippen LogP contribution in [0.3, 0.4) is 0 Å². The van der Waals surface area contributed by atoms with Crippen molar-refractivity contribution in [1.82, 2.24) is 4.31 Å². The molecule has 0 aliphatic carbocycles. The summed E-state index contributed by atoms with van der Waals surface area (Å²) >= 11 is 0. The average Bonchev–Trinajstić information content (AvgIpc) is 2.72. The van der Waals surface area contributed by atoms with Crippen LogP contribution < -0.4 is 0 Å². The van der Waals surface area contributed by atoms with Gasteiger partial charge in [-0.25, -0.2) is 8.42 Å². The van der Waals surface area contributed by atoms with E-state index < -0.39 is 28.0 Å². The van der Waals surface area contributed by atoms with Crippen molar-refractivity contribution in [1.29, 1.82) is 0 Å². The number of ether oxygens (including phenoxy) is 1. The van der Waals surface area contributed by atoms with Crippen LogP contribution in [0.15, 0.2) is 0 Å². The van der Waals surface area contributed by atoms with Crippen molar-refractivity contribution in [2.75, 3.05) is 25.5 Å². The largest absolute Gasteiger partial charge is 0.481 e. The molecule has 1 N–H and O–H groups in total. The molecule has 0 aromatic carbocycles. The summed E-state index contributed by atoms with van der Waals surface area (Å²) in [5, 5.41) is 9.15. The topological polar surface area (TPSA) is 83.9 Å². The van der Waals surface area contributed by atoms with Gasteiger partial charge < -0.3 is 9.84 Å². The second-order valence-electron chi connectivity index (χ2n) is 5.33. The summed E-state index contributed by atoms with van der Waals surface area (Å²) in [6.07, 6.45) is 0.653. The molecule has 1 heterocycles. The van der Waals surface area contributed by atoms with Gasteiger partial charge in [-0.3, -0.25) is 4.79 Å². The molecule has 1 fully saturated rings. The van der Waals surface area contributed by atoms with E-state index in [1.54, 1.807) is 0 Å². The van der Waals surface area contributed by atoms with E-state index in [2.05, 4.69) is 0 Å². The molecular weight excluding hydrogens is 270 g/mol. The number of sulfonamides is 1. The van der Waals surface area contributed by atoms with Gasteiger partial charge in [-0.05, 0) is 12.3 Å². The first-order valence-corrected chi connectivity index (χ1v) is 8.20. The highest BCUT2D eigenvalue weighted by atomic mass is 32.2. The van der Waals surface area contributed by atoms with Crippen LogP contribution in [0.5, 0.6) is 0 Å². The maximum absolute atomic E-state index is 12.4. The summed E-state index contributed by atoms with van der Waals surface area (Å²) in [6, 6.07) is -0.582. The molecule has 112 valence electrons. The SMILES string of the molecule is CCCN(C1COCC1C(=O)O)S(=O)(=O)CC(C)C. The Kier molecular flexibility index (Phi) is 5.76. The third-order valence-corrected chi connectivity index (χ3v) is 5.34. The maximum Gasteiger partial charge on any atom is 0.310 e. The van der Waals surface area contributed by atoms with Gasteiger partial charge in [0.05, 0.1) is 30.9 Å². The van der Waals surface area contributed by atoms with Crippen LogP contribution in [0.25, 0.3) is 0 Å². The Morgan fingerprint density at radius 3 is 2.53 bits per heavy atom. The Morgan fingerprint density at radius 1 is 1.42 bits per heavy atom. The number of rotatable bonds is 7. The number of hydrogen-bond donors (Lipinski definition) is 1. The van der Waals surface area contributed by atoms with Crippen molar-refractivity contribution in [2.24, 2.45) is 11.8 Å². The Labute approximate surface area is 114 Å². The number of nitrogens with zero attached hydrogens (tertiary/aromatic N) is 1. The summed E-state index contributed by atoms with van der Waals surface area (Å²) in [6.45, 7) is 6.13. The number of carbonyl (C=O) groups is 1.